The van der Waals surface area contributed by atoms with E-state index in [1.165, 1.54) is 78.4 Å². The Morgan fingerprint density at radius 3 is 1.88 bits per heavy atom. The number of rotatable bonds is 13. The van der Waals surface area contributed by atoms with Crippen molar-refractivity contribution < 1.29 is 0 Å². The first-order valence-corrected chi connectivity index (χ1v) is 14.3. The Labute approximate surface area is 203 Å². The molecule has 0 spiro atoms. The molecule has 0 aliphatic carbocycles. The number of allylic oxidation sites excluding steroid dienone is 2. The van der Waals surface area contributed by atoms with Gasteiger partial charge < -0.3 is 0 Å². The summed E-state index contributed by atoms with van der Waals surface area (Å²) in [6.45, 7) is 6.74. The van der Waals surface area contributed by atoms with Crippen molar-refractivity contribution in [3.63, 3.8) is 0 Å². The van der Waals surface area contributed by atoms with Crippen LogP contribution in [0, 0.1) is 13.8 Å². The van der Waals surface area contributed by atoms with Crippen LogP contribution >= 0.6 is 7.92 Å². The Morgan fingerprint density at radius 2 is 1.30 bits per heavy atom. The van der Waals surface area contributed by atoms with Gasteiger partial charge in [-0.05, 0) is 63.4 Å². The predicted octanol–water partition coefficient (Wildman–Crippen LogP) is 8.83. The van der Waals surface area contributed by atoms with E-state index in [2.05, 4.69) is 112 Å². The van der Waals surface area contributed by atoms with Crippen LogP contribution in [0.2, 0.25) is 0 Å². The molecule has 0 fully saturated rings. The number of aryl methyl sites for hydroxylation is 2. The monoisotopic (exact) mass is 456 g/mol. The van der Waals surface area contributed by atoms with Crippen molar-refractivity contribution in [3.8, 4) is 0 Å². The highest BCUT2D eigenvalue weighted by atomic mass is 31.1. The summed E-state index contributed by atoms with van der Waals surface area (Å²) in [5.41, 5.74) is 4.22. The Morgan fingerprint density at radius 1 is 0.727 bits per heavy atom. The molecule has 0 N–H and O–H groups in total. The lowest BCUT2D eigenvalue weighted by Gasteiger charge is -2.22. The van der Waals surface area contributed by atoms with Crippen LogP contribution in [0.25, 0.3) is 0 Å². The highest BCUT2D eigenvalue weighted by molar-refractivity contribution is 7.73. The fraction of sp³-hybridized carbons (Fsp3) is 0.375. The minimum Gasteiger partial charge on any atom is -0.0879 e. The molecule has 1 atom stereocenters. The van der Waals surface area contributed by atoms with E-state index < -0.39 is 0 Å². The molecular weight excluding hydrogens is 415 g/mol. The summed E-state index contributed by atoms with van der Waals surface area (Å²) in [6, 6.07) is 29.4. The molecule has 0 heterocycles. The molecule has 0 radical (unpaired) electrons. The fourth-order valence-electron chi connectivity index (χ4n) is 4.62. The van der Waals surface area contributed by atoms with Gasteiger partial charge >= 0.3 is 0 Å². The zero-order valence-electron chi connectivity index (χ0n) is 20.8. The van der Waals surface area contributed by atoms with Gasteiger partial charge in [-0.25, -0.2) is 0 Å². The fourth-order valence-corrected chi connectivity index (χ4v) is 7.03. The van der Waals surface area contributed by atoms with Gasteiger partial charge in [-0.15, -0.1) is 0 Å². The summed E-state index contributed by atoms with van der Waals surface area (Å²) in [5, 5.41) is 2.97. The van der Waals surface area contributed by atoms with Crippen molar-refractivity contribution in [2.75, 3.05) is 6.16 Å². The molecule has 3 aromatic carbocycles. The molecule has 33 heavy (non-hydrogen) atoms. The third-order valence-electron chi connectivity index (χ3n) is 6.31. The second-order valence-corrected chi connectivity index (χ2v) is 11.6. The average molecular weight is 457 g/mol. The van der Waals surface area contributed by atoms with Crippen molar-refractivity contribution in [2.45, 2.75) is 71.6 Å². The quantitative estimate of drug-likeness (QED) is 0.137. The molecule has 3 aromatic rings. The van der Waals surface area contributed by atoms with Crippen molar-refractivity contribution >= 4 is 18.5 Å². The van der Waals surface area contributed by atoms with Gasteiger partial charge in [0.05, 0.1) is 0 Å². The van der Waals surface area contributed by atoms with Crippen LogP contribution in [-0.4, -0.2) is 6.16 Å². The number of benzene rings is 3. The zero-order valence-corrected chi connectivity index (χ0v) is 21.7. The zero-order chi connectivity index (χ0) is 23.3. The Hall–Kier alpha value is -2.17. The van der Waals surface area contributed by atoms with Crippen molar-refractivity contribution in [2.24, 2.45) is 0 Å². The van der Waals surface area contributed by atoms with Crippen LogP contribution in [0.15, 0.2) is 91.0 Å². The Kier molecular flexibility index (Phi) is 10.9. The van der Waals surface area contributed by atoms with Gasteiger partial charge in [0, 0.05) is 5.92 Å². The number of hydrogen-bond acceptors (Lipinski definition) is 0. The van der Waals surface area contributed by atoms with Gasteiger partial charge in [-0.3, -0.25) is 0 Å². The van der Waals surface area contributed by atoms with Crippen molar-refractivity contribution in [1.29, 1.82) is 0 Å². The lowest BCUT2D eigenvalue weighted by molar-refractivity contribution is 0.636. The summed E-state index contributed by atoms with van der Waals surface area (Å²) in [4.78, 5) is 0. The van der Waals surface area contributed by atoms with Gasteiger partial charge in [0.25, 0.3) is 0 Å². The van der Waals surface area contributed by atoms with E-state index in [1.807, 2.05) is 0 Å². The van der Waals surface area contributed by atoms with E-state index >= 15 is 0 Å². The smallest absolute Gasteiger partial charge is 0.00217 e. The normalized spacial score (nSPS) is 12.5. The molecule has 0 aliphatic heterocycles. The number of hydrogen-bond donors (Lipinski definition) is 0. The Bertz CT molecular complexity index is 899. The lowest BCUT2D eigenvalue weighted by atomic mass is 9.92. The van der Waals surface area contributed by atoms with E-state index in [1.54, 1.807) is 0 Å². The van der Waals surface area contributed by atoms with Gasteiger partial charge in [0.15, 0.2) is 0 Å². The molecule has 0 nitrogen and oxygen atoms in total. The van der Waals surface area contributed by atoms with Crippen molar-refractivity contribution in [1.82, 2.24) is 0 Å². The van der Waals surface area contributed by atoms with E-state index in [0.29, 0.717) is 5.92 Å². The molecule has 0 aliphatic rings. The SMILES string of the molecule is CCCCCCC/C=C\C(CCP(c1ccccc1)c1ccccc1)c1cc(C)cc(C)c1. The summed E-state index contributed by atoms with van der Waals surface area (Å²) in [7, 11) is -0.352. The number of unbranched alkanes of at least 4 members (excludes halogenated alkanes) is 5. The van der Waals surface area contributed by atoms with Gasteiger partial charge in [-0.1, -0.05) is 135 Å². The first kappa shape index (κ1) is 25.5. The molecule has 0 amide bonds. The summed E-state index contributed by atoms with van der Waals surface area (Å²) in [5.74, 6) is 0.483. The van der Waals surface area contributed by atoms with Crippen LogP contribution < -0.4 is 10.6 Å². The molecule has 3 rings (SSSR count). The van der Waals surface area contributed by atoms with Crippen LogP contribution in [0.5, 0.6) is 0 Å². The minimum absolute atomic E-state index is 0.352. The standard InChI is InChI=1S/C32H41P/c1-4-5-6-7-8-9-12-17-29(30-25-27(2)24-28(3)26-30)22-23-33(31-18-13-10-14-19-31)32-20-15-11-16-21-32/h10-21,24-26,29H,4-9,22-23H2,1-3H3/b17-12-. The maximum atomic E-state index is 2.51. The predicted molar refractivity (Wildman–Crippen MR) is 150 cm³/mol. The molecule has 0 saturated heterocycles. The highest BCUT2D eigenvalue weighted by Gasteiger charge is 2.17. The third-order valence-corrected chi connectivity index (χ3v) is 8.86. The maximum absolute atomic E-state index is 2.51. The van der Waals surface area contributed by atoms with E-state index in [9.17, 15) is 0 Å². The van der Waals surface area contributed by atoms with Gasteiger partial charge in [0.1, 0.15) is 0 Å². The molecule has 1 heteroatoms. The maximum Gasteiger partial charge on any atom is 0.00217 e. The lowest BCUT2D eigenvalue weighted by Crippen LogP contribution is -2.15. The highest BCUT2D eigenvalue weighted by Crippen LogP contribution is 2.37. The van der Waals surface area contributed by atoms with E-state index in [4.69, 9.17) is 0 Å². The Balaban J connectivity index is 1.76. The molecule has 0 saturated carbocycles. The molecule has 1 unspecified atom stereocenters. The first-order chi connectivity index (χ1) is 16.2. The van der Waals surface area contributed by atoms with Crippen LogP contribution in [0.4, 0.5) is 0 Å². The largest absolute Gasteiger partial charge is 0.0879 e. The minimum atomic E-state index is -0.352. The molecular formula is C32H41P. The molecule has 174 valence electrons. The van der Waals surface area contributed by atoms with Crippen molar-refractivity contribution in [3.05, 3.63) is 108 Å². The van der Waals surface area contributed by atoms with Crippen LogP contribution in [0.3, 0.4) is 0 Å². The molecule has 0 aromatic heterocycles. The van der Waals surface area contributed by atoms with E-state index in [-0.39, 0.29) is 7.92 Å². The average Bonchev–Trinajstić information content (AvgIpc) is 2.83. The topological polar surface area (TPSA) is 0 Å². The van der Waals surface area contributed by atoms with Crippen LogP contribution in [-0.2, 0) is 0 Å². The first-order valence-electron chi connectivity index (χ1n) is 12.8. The summed E-state index contributed by atoms with van der Waals surface area (Å²) < 4.78 is 0. The second-order valence-electron chi connectivity index (χ2n) is 9.27. The van der Waals surface area contributed by atoms with E-state index in [0.717, 1.165) is 0 Å². The molecule has 0 bridgehead atoms. The summed E-state index contributed by atoms with van der Waals surface area (Å²) >= 11 is 0. The third kappa shape index (κ3) is 8.60. The summed E-state index contributed by atoms with van der Waals surface area (Å²) in [6.07, 6.45) is 15.3. The van der Waals surface area contributed by atoms with Gasteiger partial charge in [0.2, 0.25) is 0 Å². The van der Waals surface area contributed by atoms with Crippen LogP contribution in [0.1, 0.15) is 74.5 Å². The van der Waals surface area contributed by atoms with Gasteiger partial charge in [-0.2, -0.15) is 0 Å². The second kappa shape index (κ2) is 14.2.